The SMILES string of the molecule is CCN/C=C(\C=N)Nc1nc(N)c2cc[nH]c2n1. The largest absolute Gasteiger partial charge is 0.389 e. The summed E-state index contributed by atoms with van der Waals surface area (Å²) >= 11 is 0. The first-order valence-electron chi connectivity index (χ1n) is 5.56. The van der Waals surface area contributed by atoms with E-state index in [9.17, 15) is 0 Å². The number of rotatable bonds is 5. The van der Waals surface area contributed by atoms with E-state index in [2.05, 4.69) is 25.6 Å². The van der Waals surface area contributed by atoms with Crippen molar-refractivity contribution in [1.82, 2.24) is 20.3 Å². The molecule has 0 saturated carbocycles. The van der Waals surface area contributed by atoms with E-state index >= 15 is 0 Å². The van der Waals surface area contributed by atoms with Gasteiger partial charge in [-0.25, -0.2) is 0 Å². The molecule has 2 heterocycles. The van der Waals surface area contributed by atoms with E-state index in [0.717, 1.165) is 11.9 Å². The van der Waals surface area contributed by atoms with Gasteiger partial charge in [-0.15, -0.1) is 0 Å². The molecule has 18 heavy (non-hydrogen) atoms. The van der Waals surface area contributed by atoms with Gasteiger partial charge in [0.2, 0.25) is 5.95 Å². The minimum atomic E-state index is 0.357. The first kappa shape index (κ1) is 11.9. The Morgan fingerprint density at radius 1 is 1.56 bits per heavy atom. The maximum absolute atomic E-state index is 7.28. The van der Waals surface area contributed by atoms with Gasteiger partial charge in [0.25, 0.3) is 0 Å². The van der Waals surface area contributed by atoms with Gasteiger partial charge in [0.05, 0.1) is 11.1 Å². The smallest absolute Gasteiger partial charge is 0.231 e. The zero-order valence-corrected chi connectivity index (χ0v) is 9.99. The Kier molecular flexibility index (Phi) is 3.42. The minimum absolute atomic E-state index is 0.357. The Bertz CT molecular complexity index is 584. The first-order chi connectivity index (χ1) is 8.74. The van der Waals surface area contributed by atoms with Gasteiger partial charge >= 0.3 is 0 Å². The molecule has 0 saturated heterocycles. The number of anilines is 2. The molecule has 7 nitrogen and oxygen atoms in total. The second-order valence-corrected chi connectivity index (χ2v) is 3.60. The fourth-order valence-electron chi connectivity index (χ4n) is 1.48. The zero-order chi connectivity index (χ0) is 13.0. The number of nitrogens with two attached hydrogens (primary N) is 1. The number of nitrogens with zero attached hydrogens (tertiary/aromatic N) is 2. The van der Waals surface area contributed by atoms with Crippen LogP contribution in [0.5, 0.6) is 0 Å². The van der Waals surface area contributed by atoms with Crippen LogP contribution in [0, 0.1) is 5.41 Å². The molecule has 0 aliphatic rings. The fraction of sp³-hybridized carbons (Fsp3) is 0.182. The maximum Gasteiger partial charge on any atom is 0.231 e. The summed E-state index contributed by atoms with van der Waals surface area (Å²) < 4.78 is 0. The van der Waals surface area contributed by atoms with Crippen molar-refractivity contribution in [3.05, 3.63) is 24.2 Å². The maximum atomic E-state index is 7.28. The van der Waals surface area contributed by atoms with Crippen molar-refractivity contribution in [2.24, 2.45) is 0 Å². The molecule has 2 aromatic rings. The van der Waals surface area contributed by atoms with Gasteiger partial charge in [-0.3, -0.25) is 0 Å². The summed E-state index contributed by atoms with van der Waals surface area (Å²) in [5.41, 5.74) is 7.04. The van der Waals surface area contributed by atoms with Crippen molar-refractivity contribution >= 4 is 29.0 Å². The standard InChI is InChI=1S/C11H15N7/c1-2-14-6-7(5-12)16-11-17-9(13)8-3-4-15-10(8)18-11/h3-6,12,14H,2H2,1H3,(H4,13,15,16,17,18)/b7-6+,12-5?. The molecule has 94 valence electrons. The molecule has 0 aromatic carbocycles. The first-order valence-corrected chi connectivity index (χ1v) is 5.56. The molecule has 0 amide bonds. The van der Waals surface area contributed by atoms with Crippen molar-refractivity contribution < 1.29 is 0 Å². The summed E-state index contributed by atoms with van der Waals surface area (Å²) in [6.07, 6.45) is 4.62. The number of fused-ring (bicyclic) bond motifs is 1. The number of H-pyrrole nitrogens is 1. The van der Waals surface area contributed by atoms with E-state index in [4.69, 9.17) is 11.1 Å². The number of hydrogen-bond acceptors (Lipinski definition) is 6. The average molecular weight is 245 g/mol. The highest BCUT2D eigenvalue weighted by Gasteiger charge is 2.06. The van der Waals surface area contributed by atoms with Crippen molar-refractivity contribution in [3.8, 4) is 0 Å². The summed E-state index contributed by atoms with van der Waals surface area (Å²) in [5, 5.41) is 14.0. The topological polar surface area (TPSA) is 116 Å². The lowest BCUT2D eigenvalue weighted by Gasteiger charge is -2.06. The Balaban J connectivity index is 2.28. The molecule has 7 heteroatoms. The van der Waals surface area contributed by atoms with Gasteiger partial charge in [-0.1, -0.05) is 0 Å². The summed E-state index contributed by atoms with van der Waals surface area (Å²) in [4.78, 5) is 11.4. The number of hydrogen-bond donors (Lipinski definition) is 5. The number of nitrogens with one attached hydrogen (secondary N) is 4. The molecule has 0 bridgehead atoms. The highest BCUT2D eigenvalue weighted by atomic mass is 15.1. The molecular weight excluding hydrogens is 230 g/mol. The van der Waals surface area contributed by atoms with Crippen LogP contribution in [-0.2, 0) is 0 Å². The third-order valence-corrected chi connectivity index (χ3v) is 2.32. The Morgan fingerprint density at radius 2 is 2.39 bits per heavy atom. The lowest BCUT2D eigenvalue weighted by molar-refractivity contribution is 0.913. The third kappa shape index (κ3) is 2.40. The van der Waals surface area contributed by atoms with Crippen LogP contribution in [0.3, 0.4) is 0 Å². The molecule has 2 aromatic heterocycles. The second-order valence-electron chi connectivity index (χ2n) is 3.60. The molecule has 0 aliphatic carbocycles. The number of aromatic amines is 1. The van der Waals surface area contributed by atoms with Gasteiger partial charge in [-0.2, -0.15) is 9.97 Å². The molecule has 2 rings (SSSR count). The monoisotopic (exact) mass is 245 g/mol. The molecule has 0 aliphatic heterocycles. The van der Waals surface area contributed by atoms with E-state index in [0.29, 0.717) is 23.1 Å². The predicted molar refractivity (Wildman–Crippen MR) is 72.5 cm³/mol. The number of aromatic nitrogens is 3. The minimum Gasteiger partial charge on any atom is -0.389 e. The number of allylic oxidation sites excluding steroid dienone is 1. The lowest BCUT2D eigenvalue weighted by Crippen LogP contribution is -2.11. The quantitative estimate of drug-likeness (QED) is 0.505. The van der Waals surface area contributed by atoms with Crippen molar-refractivity contribution in [2.75, 3.05) is 17.6 Å². The number of nitrogen functional groups attached to an aromatic ring is 1. The van der Waals surface area contributed by atoms with Gasteiger partial charge in [0.1, 0.15) is 11.5 Å². The van der Waals surface area contributed by atoms with Gasteiger partial charge < -0.3 is 26.8 Å². The Hall–Kier alpha value is -2.57. The molecule has 6 N–H and O–H groups in total. The second kappa shape index (κ2) is 5.17. The Morgan fingerprint density at radius 3 is 3.11 bits per heavy atom. The van der Waals surface area contributed by atoms with Crippen molar-refractivity contribution in [2.45, 2.75) is 6.92 Å². The summed E-state index contributed by atoms with van der Waals surface area (Å²) in [6, 6.07) is 1.82. The summed E-state index contributed by atoms with van der Waals surface area (Å²) in [7, 11) is 0. The van der Waals surface area contributed by atoms with Crippen LogP contribution in [0.1, 0.15) is 6.92 Å². The predicted octanol–water partition coefficient (Wildman–Crippen LogP) is 1.05. The van der Waals surface area contributed by atoms with Crippen LogP contribution < -0.4 is 16.4 Å². The summed E-state index contributed by atoms with van der Waals surface area (Å²) in [5.74, 6) is 0.756. The van der Waals surface area contributed by atoms with E-state index in [-0.39, 0.29) is 0 Å². The van der Waals surface area contributed by atoms with E-state index in [1.54, 1.807) is 12.4 Å². The van der Waals surface area contributed by atoms with Crippen LogP contribution in [0.25, 0.3) is 11.0 Å². The van der Waals surface area contributed by atoms with Crippen LogP contribution in [0.2, 0.25) is 0 Å². The molecule has 0 unspecified atom stereocenters. The van der Waals surface area contributed by atoms with Crippen LogP contribution in [-0.4, -0.2) is 27.7 Å². The Labute approximate surface area is 104 Å². The highest BCUT2D eigenvalue weighted by Crippen LogP contribution is 2.18. The van der Waals surface area contributed by atoms with E-state index in [1.165, 1.54) is 6.21 Å². The molecule has 0 radical (unpaired) electrons. The summed E-state index contributed by atoms with van der Waals surface area (Å²) in [6.45, 7) is 2.75. The van der Waals surface area contributed by atoms with Crippen molar-refractivity contribution in [3.63, 3.8) is 0 Å². The lowest BCUT2D eigenvalue weighted by atomic mass is 10.4. The van der Waals surface area contributed by atoms with Gasteiger partial charge in [0.15, 0.2) is 0 Å². The van der Waals surface area contributed by atoms with Crippen molar-refractivity contribution in [1.29, 1.82) is 5.41 Å². The normalized spacial score (nSPS) is 11.5. The van der Waals surface area contributed by atoms with Crippen LogP contribution in [0.4, 0.5) is 11.8 Å². The van der Waals surface area contributed by atoms with E-state index in [1.807, 2.05) is 13.0 Å². The average Bonchev–Trinajstić information content (AvgIpc) is 2.83. The fourth-order valence-corrected chi connectivity index (χ4v) is 1.48. The molecule has 0 spiro atoms. The van der Waals surface area contributed by atoms with Gasteiger partial charge in [0, 0.05) is 25.2 Å². The molecular formula is C11H15N7. The highest BCUT2D eigenvalue weighted by molar-refractivity contribution is 5.87. The molecule has 0 atom stereocenters. The van der Waals surface area contributed by atoms with Gasteiger partial charge in [-0.05, 0) is 13.0 Å². The third-order valence-electron chi connectivity index (χ3n) is 2.32. The molecule has 0 fully saturated rings. The van der Waals surface area contributed by atoms with Crippen LogP contribution in [0.15, 0.2) is 24.2 Å². The van der Waals surface area contributed by atoms with Crippen LogP contribution >= 0.6 is 0 Å². The zero-order valence-electron chi connectivity index (χ0n) is 9.99. The van der Waals surface area contributed by atoms with E-state index < -0.39 is 0 Å².